The van der Waals surface area contributed by atoms with Crippen molar-refractivity contribution in [1.82, 2.24) is 47.9 Å². The molecule has 10 rings (SSSR count). The molecule has 5 aliphatic carbocycles. The molecule has 1 unspecified atom stereocenters. The molecule has 1 aliphatic heterocycles. The van der Waals surface area contributed by atoms with Crippen LogP contribution >= 0.6 is 0 Å². The molecule has 142 heavy (non-hydrogen) atoms. The molecule has 14 N–H and O–H groups in total. The molecule has 2 fully saturated rings. The third-order valence-corrected chi connectivity index (χ3v) is 28.8. The molecule has 10 atom stereocenters. The van der Waals surface area contributed by atoms with Gasteiger partial charge in [-0.2, -0.15) is 0 Å². The molecule has 0 spiro atoms. The van der Waals surface area contributed by atoms with Gasteiger partial charge in [0.25, 0.3) is 0 Å². The molecular formula is C108H161N14O20+. The molecular weight excluding hydrogens is 1810 g/mol. The summed E-state index contributed by atoms with van der Waals surface area (Å²) in [5.41, 5.74) is 20.9. The van der Waals surface area contributed by atoms with E-state index < -0.39 is 76.1 Å². The van der Waals surface area contributed by atoms with Gasteiger partial charge in [-0.3, -0.25) is 53.3 Å². The number of para-hydroxylation sites is 1. The van der Waals surface area contributed by atoms with E-state index in [9.17, 15) is 47.9 Å². The van der Waals surface area contributed by atoms with Crippen molar-refractivity contribution in [2.45, 2.75) is 244 Å². The summed E-state index contributed by atoms with van der Waals surface area (Å²) in [6.07, 6.45) is 12.7. The molecule has 2 saturated carbocycles. The van der Waals surface area contributed by atoms with Gasteiger partial charge < -0.3 is 111 Å². The summed E-state index contributed by atoms with van der Waals surface area (Å²) < 4.78 is 52.4. The minimum atomic E-state index is -1.22. The summed E-state index contributed by atoms with van der Waals surface area (Å²) >= 11 is 0. The second kappa shape index (κ2) is 57.3. The number of aryl methyl sites for hydroxylation is 3. The number of imide groups is 1. The molecule has 0 radical (unpaired) electrons. The number of likely N-dealkylation sites (N-methyl/N-ethyl adjacent to an activating group) is 1. The Morgan fingerprint density at radius 1 is 0.479 bits per heavy atom. The average molecular weight is 1980 g/mol. The fraction of sp³-hybridized carbons (Fsp3) is 0.639. The highest BCUT2D eigenvalue weighted by Gasteiger charge is 2.59. The zero-order valence-electron chi connectivity index (χ0n) is 85.8. The molecule has 34 nitrogen and oxygen atoms in total. The van der Waals surface area contributed by atoms with Crippen molar-refractivity contribution in [2.24, 2.45) is 40.1 Å². The lowest BCUT2D eigenvalue weighted by molar-refractivity contribution is -0.869. The summed E-state index contributed by atoms with van der Waals surface area (Å²) in [6, 6.07) is 23.4. The van der Waals surface area contributed by atoms with Crippen molar-refractivity contribution in [1.29, 1.82) is 0 Å². The van der Waals surface area contributed by atoms with Gasteiger partial charge in [-0.1, -0.05) is 139 Å². The molecule has 4 aromatic rings. The molecule has 1 heterocycles. The number of nitrogens with one attached hydrogen (secondary N) is 10. The molecule has 6 aliphatic rings. The largest absolute Gasteiger partial charge is 0.399 e. The maximum atomic E-state index is 15.1. The number of urea groups is 1. The number of allylic oxidation sites excluding steroid dienone is 1. The van der Waals surface area contributed by atoms with E-state index in [1.165, 1.54) is 16.7 Å². The highest BCUT2D eigenvalue weighted by Crippen LogP contribution is 2.60. The number of carbonyl (C=O) groups is 11. The van der Waals surface area contributed by atoms with Crippen LogP contribution in [-0.2, 0) is 121 Å². The van der Waals surface area contributed by atoms with E-state index in [2.05, 4.69) is 132 Å². The number of hydrogen-bond donors (Lipinski definition) is 12. The lowest BCUT2D eigenvalue weighted by atomic mass is 9.49. The number of rotatable bonds is 59. The van der Waals surface area contributed by atoms with Gasteiger partial charge in [0.1, 0.15) is 24.7 Å². The van der Waals surface area contributed by atoms with Crippen molar-refractivity contribution < 1.29 is 99.9 Å². The smallest absolute Gasteiger partial charge is 0.312 e. The lowest BCUT2D eigenvalue weighted by Gasteiger charge is -2.56. The van der Waals surface area contributed by atoms with Crippen molar-refractivity contribution in [3.8, 4) is 11.8 Å². The van der Waals surface area contributed by atoms with Crippen LogP contribution in [0.4, 0.5) is 16.2 Å². The molecule has 4 aromatic carbocycles. The lowest BCUT2D eigenvalue weighted by Crippen LogP contribution is -2.60. The van der Waals surface area contributed by atoms with Crippen LogP contribution in [0.25, 0.3) is 0 Å². The Bertz CT molecular complexity index is 4940. The Morgan fingerprint density at radius 3 is 1.63 bits per heavy atom. The molecule has 0 bridgehead atoms. The van der Waals surface area contributed by atoms with Crippen molar-refractivity contribution in [3.63, 3.8) is 0 Å². The maximum Gasteiger partial charge on any atom is 0.312 e. The van der Waals surface area contributed by atoms with Gasteiger partial charge in [-0.25, -0.2) is 4.79 Å². The number of benzene rings is 4. The first-order chi connectivity index (χ1) is 68.2. The quantitative estimate of drug-likeness (QED) is 0.00849. The number of unbranched alkanes of at least 4 members (excludes halogenated alkanes) is 1. The zero-order chi connectivity index (χ0) is 102. The Kier molecular flexibility index (Phi) is 45.8. The van der Waals surface area contributed by atoms with Gasteiger partial charge in [-0.15, -0.1) is 0 Å². The number of fused-ring (bicyclic) bond motifs is 8. The van der Waals surface area contributed by atoms with Gasteiger partial charge in [0.15, 0.2) is 0 Å². The van der Waals surface area contributed by atoms with Crippen LogP contribution in [0.3, 0.4) is 0 Å². The zero-order valence-corrected chi connectivity index (χ0v) is 85.8. The van der Waals surface area contributed by atoms with Crippen molar-refractivity contribution >= 4 is 76.5 Å². The van der Waals surface area contributed by atoms with E-state index in [1.807, 2.05) is 73.7 Å². The van der Waals surface area contributed by atoms with Crippen LogP contribution in [0.5, 0.6) is 0 Å². The minimum absolute atomic E-state index is 0.0117. The van der Waals surface area contributed by atoms with E-state index in [0.717, 1.165) is 109 Å². The monoisotopic (exact) mass is 1970 g/mol. The topological polar surface area (TPSA) is 446 Å². The maximum absolute atomic E-state index is 15.1. The number of anilines is 2. The average Bonchev–Trinajstić information content (AvgIpc) is 0.715. The number of quaternary nitrogens is 1. The van der Waals surface area contributed by atoms with Crippen LogP contribution < -0.4 is 69.5 Å². The molecule has 782 valence electrons. The number of carbonyl (C=O) groups excluding carboxylic acids is 11. The first-order valence-electron chi connectivity index (χ1n) is 51.6. The highest BCUT2D eigenvalue weighted by molar-refractivity contribution is 6.02. The van der Waals surface area contributed by atoms with Crippen LogP contribution in [0.15, 0.2) is 96.3 Å². The summed E-state index contributed by atoms with van der Waals surface area (Å²) in [6.45, 7) is 21.5. The summed E-state index contributed by atoms with van der Waals surface area (Å²) in [5.74, 6) is 2.09. The van der Waals surface area contributed by atoms with Crippen LogP contribution in [0, 0.1) is 47.3 Å². The predicted octanol–water partition coefficient (Wildman–Crippen LogP) is 8.83. The molecule has 34 heteroatoms. The second-order valence-corrected chi connectivity index (χ2v) is 40.8. The van der Waals surface area contributed by atoms with Gasteiger partial charge in [-0.05, 0) is 196 Å². The third kappa shape index (κ3) is 34.7. The van der Waals surface area contributed by atoms with E-state index in [0.29, 0.717) is 141 Å². The normalized spacial score (nSPS) is 20.8. The van der Waals surface area contributed by atoms with Crippen LogP contribution in [-0.4, -0.2) is 267 Å². The Morgan fingerprint density at radius 2 is 1.01 bits per heavy atom. The SMILES string of the molecule is Cc1ccc2c(c1)[C@@]1(C)CCC[C@](C)(C(=O)NC(=O)[C@@]3(C)CCC[C@]4(C)c5cc(NC(=O)[C@H](CCCNC(N)=O)NC(=O)[C@@H](NC(=O)[C@@H](CCCCNC(=O)COC6CCCCCC(NCCOCCOCCOCCOCCC(=O)NCC[N+](C)(C)C)=C6N)NC(=O)CCOCCOCCOCCOCCNC(=O)CCC(=O)N6Cc7ccccc7C#Cc7ccccc76)C(C)C)ccc5CC[C@@H]34)[C@@H]1CC2. The van der Waals surface area contributed by atoms with Crippen molar-refractivity contribution in [3.05, 3.63) is 141 Å². The third-order valence-electron chi connectivity index (χ3n) is 28.8. The second-order valence-electron chi connectivity index (χ2n) is 40.8. The Hall–Kier alpha value is -10.5. The fourth-order valence-electron chi connectivity index (χ4n) is 20.9. The molecule has 12 amide bonds. The van der Waals surface area contributed by atoms with Gasteiger partial charge in [0.2, 0.25) is 59.1 Å². The summed E-state index contributed by atoms with van der Waals surface area (Å²) in [7, 11) is 6.23. The highest BCUT2D eigenvalue weighted by atomic mass is 16.6. The Balaban J connectivity index is 0.681. The first-order valence-corrected chi connectivity index (χ1v) is 51.6. The summed E-state index contributed by atoms with van der Waals surface area (Å²) in [4.78, 5) is 154. The number of amides is 12. The number of ether oxygens (including phenoxy) is 9. The predicted molar refractivity (Wildman–Crippen MR) is 542 cm³/mol. The van der Waals surface area contributed by atoms with Gasteiger partial charge in [0.05, 0.1) is 175 Å². The number of nitrogens with two attached hydrogens (primary N) is 2. The van der Waals surface area contributed by atoms with Gasteiger partial charge in [0, 0.05) is 74.4 Å². The summed E-state index contributed by atoms with van der Waals surface area (Å²) in [5, 5.41) is 29.5. The van der Waals surface area contributed by atoms with Crippen molar-refractivity contribution in [2.75, 3.05) is 183 Å². The Labute approximate surface area is 839 Å². The van der Waals surface area contributed by atoms with E-state index in [-0.39, 0.29) is 170 Å². The van der Waals surface area contributed by atoms with E-state index in [4.69, 9.17) is 54.1 Å². The minimum Gasteiger partial charge on any atom is -0.399 e. The van der Waals surface area contributed by atoms with E-state index in [1.54, 1.807) is 18.7 Å². The van der Waals surface area contributed by atoms with Gasteiger partial charge >= 0.3 is 6.03 Å². The van der Waals surface area contributed by atoms with E-state index >= 15 is 4.79 Å². The number of hydrogen-bond acceptors (Lipinski definition) is 22. The fourth-order valence-corrected chi connectivity index (χ4v) is 20.9. The standard InChI is InChI=1S/C108H160N14O20/c1-75(2)98(101(130)118-87(28-20-50-115-104(110)133)99(128)116-82-38-35-79-37-40-91-106(5,84(79)72-82)46-22-48-108(91,7)103(132)120-102(131)107(6)47-21-45-105(4)83-71-76(3)31-32-78(83)36-39-90(105)107)119-100(129)86(27-18-19-49-112-95(126)74-142-89-30-13-11-12-26-85(97(89)109)111-52-57-136-61-65-140-69-67-138-63-59-134-55-43-93(124)113-51-54-122(8,9)10)117-94(125)44-56-135-60-64-139-68-70-141-66-62-137-58-53-114-92(123)41-42-96(127)121-73-81-25-15-14-23-77(81)33-34-80-24-16-17-29-88(80)121/h14-17,23-25,29,31-32,35,38,71-72,75,86-87,89-91,98,111H,11-13,18-22,26-28,30,36-37,39-70,73-74,109H2,1-10H3,(H10-,110,112,113,114,115,116,117,118,119,120,123,124,125,126,128,129,130,131,132,133)/p+1/t86-,87+,89?,90-,91-,98+,105-,106-,107+,108+/m1/s1. The number of primary amides is 1. The molecule has 0 saturated heterocycles. The molecule has 0 aromatic heterocycles. The van der Waals surface area contributed by atoms with Crippen LogP contribution in [0.2, 0.25) is 0 Å². The van der Waals surface area contributed by atoms with Crippen LogP contribution in [0.1, 0.15) is 227 Å². The first kappa shape index (κ1) is 113. The number of nitrogens with zero attached hydrogens (tertiary/aromatic N) is 2.